The Morgan fingerprint density at radius 3 is 3.00 bits per heavy atom. The second-order valence-corrected chi connectivity index (χ2v) is 7.16. The van der Waals surface area contributed by atoms with Gasteiger partial charge in [0, 0.05) is 44.9 Å². The van der Waals surface area contributed by atoms with E-state index in [0.29, 0.717) is 26.4 Å². The lowest BCUT2D eigenvalue weighted by Gasteiger charge is -2.31. The molecule has 0 saturated carbocycles. The first-order chi connectivity index (χ1) is 12.2. The lowest BCUT2D eigenvalue weighted by molar-refractivity contribution is -0.210. The molecule has 4 heterocycles. The summed E-state index contributed by atoms with van der Waals surface area (Å²) in [4.78, 5) is 14.6. The van der Waals surface area contributed by atoms with Gasteiger partial charge in [-0.25, -0.2) is 4.79 Å². The Labute approximate surface area is 148 Å². The number of hydrogen-bond acceptors (Lipinski definition) is 4. The molecule has 7 heteroatoms. The fourth-order valence-electron chi connectivity index (χ4n) is 4.10. The first kappa shape index (κ1) is 16.9. The number of likely N-dealkylation sites (tertiary alicyclic amines) is 1. The smallest absolute Gasteiger partial charge is 0.318 e. The van der Waals surface area contributed by atoms with Crippen molar-refractivity contribution in [3.8, 4) is 0 Å². The number of rotatable bonds is 3. The standard InChI is InChI=1S/C18H27N3O4/c1-20-8-2-4-15(20)16-5-3-9-21(16)17(22)19-12-14-13-24-18(25-14)6-10-23-11-7-18/h2,4,8,14,16H,3,5-7,9-13H2,1H3,(H,19,22)/t14-,16-/m1/s1. The van der Waals surface area contributed by atoms with Crippen LogP contribution in [-0.2, 0) is 21.3 Å². The molecule has 1 spiro atoms. The predicted octanol–water partition coefficient (Wildman–Crippen LogP) is 1.79. The van der Waals surface area contributed by atoms with Crippen molar-refractivity contribution in [1.82, 2.24) is 14.8 Å². The predicted molar refractivity (Wildman–Crippen MR) is 91.1 cm³/mol. The molecule has 1 N–H and O–H groups in total. The highest BCUT2D eigenvalue weighted by Gasteiger charge is 2.43. The number of nitrogens with one attached hydrogen (secondary N) is 1. The summed E-state index contributed by atoms with van der Waals surface area (Å²) in [5, 5.41) is 3.04. The van der Waals surface area contributed by atoms with Gasteiger partial charge in [-0.05, 0) is 25.0 Å². The zero-order chi connectivity index (χ0) is 17.3. The van der Waals surface area contributed by atoms with Gasteiger partial charge in [0.15, 0.2) is 5.79 Å². The molecule has 0 aliphatic carbocycles. The van der Waals surface area contributed by atoms with Crippen molar-refractivity contribution < 1.29 is 19.0 Å². The molecular formula is C18H27N3O4. The van der Waals surface area contributed by atoms with Crippen LogP contribution in [0.15, 0.2) is 18.3 Å². The van der Waals surface area contributed by atoms with Gasteiger partial charge in [-0.1, -0.05) is 0 Å². The van der Waals surface area contributed by atoms with Gasteiger partial charge in [0.2, 0.25) is 0 Å². The maximum Gasteiger partial charge on any atom is 0.318 e. The van der Waals surface area contributed by atoms with E-state index in [0.717, 1.165) is 32.2 Å². The number of nitrogens with zero attached hydrogens (tertiary/aromatic N) is 2. The number of carbonyl (C=O) groups excluding carboxylic acids is 1. The maximum atomic E-state index is 12.7. The quantitative estimate of drug-likeness (QED) is 0.904. The SMILES string of the molecule is Cn1cccc1[C@H]1CCCN1C(=O)NC[C@@H]1COC2(CCOCC2)O1. The van der Waals surface area contributed by atoms with Gasteiger partial charge in [0.25, 0.3) is 0 Å². The first-order valence-electron chi connectivity index (χ1n) is 9.22. The minimum atomic E-state index is -0.493. The summed E-state index contributed by atoms with van der Waals surface area (Å²) in [5.74, 6) is -0.493. The Kier molecular flexibility index (Phi) is 4.71. The Bertz CT molecular complexity index is 611. The van der Waals surface area contributed by atoms with E-state index in [-0.39, 0.29) is 18.2 Å². The number of amides is 2. The second kappa shape index (κ2) is 6.97. The van der Waals surface area contributed by atoms with Crippen LogP contribution in [0.2, 0.25) is 0 Å². The number of aromatic nitrogens is 1. The Balaban J connectivity index is 1.31. The van der Waals surface area contributed by atoms with E-state index >= 15 is 0 Å². The number of ether oxygens (including phenoxy) is 3. The molecule has 138 valence electrons. The molecule has 3 saturated heterocycles. The third kappa shape index (κ3) is 3.41. The number of carbonyl (C=O) groups is 1. The van der Waals surface area contributed by atoms with Gasteiger partial charge in [-0.3, -0.25) is 0 Å². The Morgan fingerprint density at radius 2 is 2.24 bits per heavy atom. The normalized spacial score (nSPS) is 28.6. The van der Waals surface area contributed by atoms with Crippen LogP contribution in [0.5, 0.6) is 0 Å². The average Bonchev–Trinajstić information content (AvgIpc) is 3.33. The number of urea groups is 1. The van der Waals surface area contributed by atoms with Crippen LogP contribution in [0.25, 0.3) is 0 Å². The van der Waals surface area contributed by atoms with Crippen LogP contribution in [0, 0.1) is 0 Å². The van der Waals surface area contributed by atoms with Crippen molar-refractivity contribution in [2.24, 2.45) is 7.05 Å². The molecule has 3 aliphatic rings. The molecule has 0 radical (unpaired) electrons. The van der Waals surface area contributed by atoms with E-state index in [4.69, 9.17) is 14.2 Å². The summed E-state index contributed by atoms with van der Waals surface area (Å²) in [7, 11) is 2.03. The summed E-state index contributed by atoms with van der Waals surface area (Å²) in [6.07, 6.45) is 5.52. The minimum absolute atomic E-state index is 0.0137. The number of aryl methyl sites for hydroxylation is 1. The molecule has 7 nitrogen and oxygen atoms in total. The van der Waals surface area contributed by atoms with Crippen LogP contribution in [0.4, 0.5) is 4.79 Å². The van der Waals surface area contributed by atoms with Crippen molar-refractivity contribution in [3.63, 3.8) is 0 Å². The summed E-state index contributed by atoms with van der Waals surface area (Å²) in [6, 6.07) is 4.27. The molecular weight excluding hydrogens is 322 g/mol. The van der Waals surface area contributed by atoms with E-state index in [2.05, 4.69) is 16.0 Å². The van der Waals surface area contributed by atoms with Crippen LogP contribution in [0.1, 0.15) is 37.4 Å². The van der Waals surface area contributed by atoms with Crippen molar-refractivity contribution in [2.45, 2.75) is 43.6 Å². The van der Waals surface area contributed by atoms with Crippen molar-refractivity contribution in [2.75, 3.05) is 32.9 Å². The highest BCUT2D eigenvalue weighted by atomic mass is 16.7. The van der Waals surface area contributed by atoms with Crippen LogP contribution in [0.3, 0.4) is 0 Å². The lowest BCUT2D eigenvalue weighted by Crippen LogP contribution is -2.44. The average molecular weight is 349 g/mol. The fourth-order valence-corrected chi connectivity index (χ4v) is 4.10. The molecule has 0 aromatic carbocycles. The summed E-state index contributed by atoms with van der Waals surface area (Å²) >= 11 is 0. The molecule has 3 aliphatic heterocycles. The van der Waals surface area contributed by atoms with Gasteiger partial charge < -0.3 is 29.0 Å². The molecule has 0 bridgehead atoms. The number of hydrogen-bond donors (Lipinski definition) is 1. The molecule has 2 atom stereocenters. The molecule has 0 unspecified atom stereocenters. The van der Waals surface area contributed by atoms with Gasteiger partial charge in [-0.2, -0.15) is 0 Å². The third-order valence-corrected chi connectivity index (χ3v) is 5.49. The molecule has 4 rings (SSSR count). The highest BCUT2D eigenvalue weighted by Crippen LogP contribution is 2.34. The molecule has 3 fully saturated rings. The molecule has 1 aromatic heterocycles. The summed E-state index contributed by atoms with van der Waals surface area (Å²) in [6.45, 7) is 3.15. The Hall–Kier alpha value is -1.57. The summed E-state index contributed by atoms with van der Waals surface area (Å²) < 4.78 is 19.4. The monoisotopic (exact) mass is 349 g/mol. The van der Waals surface area contributed by atoms with E-state index < -0.39 is 5.79 Å². The Morgan fingerprint density at radius 1 is 1.40 bits per heavy atom. The van der Waals surface area contributed by atoms with E-state index in [1.807, 2.05) is 24.2 Å². The third-order valence-electron chi connectivity index (χ3n) is 5.49. The maximum absolute atomic E-state index is 12.7. The van der Waals surface area contributed by atoms with Gasteiger partial charge in [0.1, 0.15) is 6.10 Å². The molecule has 1 aromatic rings. The van der Waals surface area contributed by atoms with Gasteiger partial charge in [-0.15, -0.1) is 0 Å². The van der Waals surface area contributed by atoms with Crippen LogP contribution in [-0.4, -0.2) is 60.3 Å². The molecule has 2 amide bonds. The van der Waals surface area contributed by atoms with Crippen molar-refractivity contribution in [3.05, 3.63) is 24.0 Å². The fraction of sp³-hybridized carbons (Fsp3) is 0.722. The van der Waals surface area contributed by atoms with Crippen LogP contribution < -0.4 is 5.32 Å². The largest absolute Gasteiger partial charge is 0.381 e. The molecule has 25 heavy (non-hydrogen) atoms. The topological polar surface area (TPSA) is 65.0 Å². The van der Waals surface area contributed by atoms with Gasteiger partial charge in [0.05, 0.1) is 25.9 Å². The van der Waals surface area contributed by atoms with E-state index in [1.165, 1.54) is 5.69 Å². The van der Waals surface area contributed by atoms with Crippen molar-refractivity contribution in [1.29, 1.82) is 0 Å². The zero-order valence-corrected chi connectivity index (χ0v) is 14.8. The van der Waals surface area contributed by atoms with E-state index in [9.17, 15) is 4.79 Å². The van der Waals surface area contributed by atoms with Gasteiger partial charge >= 0.3 is 6.03 Å². The van der Waals surface area contributed by atoms with Crippen LogP contribution >= 0.6 is 0 Å². The minimum Gasteiger partial charge on any atom is -0.381 e. The summed E-state index contributed by atoms with van der Waals surface area (Å²) in [5.41, 5.74) is 1.19. The highest BCUT2D eigenvalue weighted by molar-refractivity contribution is 5.75. The first-order valence-corrected chi connectivity index (χ1v) is 9.22. The lowest BCUT2D eigenvalue weighted by atomic mass is 10.1. The van der Waals surface area contributed by atoms with E-state index in [1.54, 1.807) is 0 Å². The van der Waals surface area contributed by atoms with Crippen molar-refractivity contribution >= 4 is 6.03 Å². The zero-order valence-electron chi connectivity index (χ0n) is 14.8. The second-order valence-electron chi connectivity index (χ2n) is 7.16.